The SMILES string of the molecule is CNc1ccccc1-c1nc(C2CCCC2)no1. The van der Waals surface area contributed by atoms with Crippen molar-refractivity contribution in [3.8, 4) is 11.5 Å². The normalized spacial score (nSPS) is 16.1. The van der Waals surface area contributed by atoms with E-state index < -0.39 is 0 Å². The fraction of sp³-hybridized carbons (Fsp3) is 0.429. The molecule has 1 fully saturated rings. The Labute approximate surface area is 106 Å². The summed E-state index contributed by atoms with van der Waals surface area (Å²) in [5.74, 6) is 1.97. The molecule has 4 heteroatoms. The van der Waals surface area contributed by atoms with E-state index in [0.717, 1.165) is 17.1 Å². The summed E-state index contributed by atoms with van der Waals surface area (Å²) in [6.07, 6.45) is 4.93. The van der Waals surface area contributed by atoms with Gasteiger partial charge in [-0.2, -0.15) is 4.98 Å². The second-order valence-corrected chi connectivity index (χ2v) is 4.73. The molecule has 1 aromatic heterocycles. The maximum atomic E-state index is 5.40. The minimum atomic E-state index is 0.490. The quantitative estimate of drug-likeness (QED) is 0.897. The fourth-order valence-corrected chi connectivity index (χ4v) is 2.58. The van der Waals surface area contributed by atoms with Crippen molar-refractivity contribution in [2.75, 3.05) is 12.4 Å². The highest BCUT2D eigenvalue weighted by molar-refractivity contribution is 5.72. The monoisotopic (exact) mass is 243 g/mol. The zero-order valence-corrected chi connectivity index (χ0v) is 10.5. The summed E-state index contributed by atoms with van der Waals surface area (Å²) in [7, 11) is 1.90. The Bertz CT molecular complexity index is 529. The van der Waals surface area contributed by atoms with Gasteiger partial charge in [-0.1, -0.05) is 30.1 Å². The summed E-state index contributed by atoms with van der Waals surface area (Å²) in [5, 5.41) is 7.28. The predicted octanol–water partition coefficient (Wildman–Crippen LogP) is 3.44. The minimum absolute atomic E-state index is 0.490. The lowest BCUT2D eigenvalue weighted by molar-refractivity contribution is 0.416. The predicted molar refractivity (Wildman–Crippen MR) is 70.5 cm³/mol. The largest absolute Gasteiger partial charge is 0.387 e. The summed E-state index contributed by atoms with van der Waals surface area (Å²) >= 11 is 0. The molecule has 0 radical (unpaired) electrons. The minimum Gasteiger partial charge on any atom is -0.387 e. The number of nitrogens with one attached hydrogen (secondary N) is 1. The Morgan fingerprint density at radius 2 is 2.00 bits per heavy atom. The van der Waals surface area contributed by atoms with Crippen LogP contribution >= 0.6 is 0 Å². The molecule has 0 bridgehead atoms. The van der Waals surface area contributed by atoms with Crippen molar-refractivity contribution < 1.29 is 4.52 Å². The van der Waals surface area contributed by atoms with Crippen LogP contribution in [0.4, 0.5) is 5.69 Å². The molecule has 4 nitrogen and oxygen atoms in total. The molecular weight excluding hydrogens is 226 g/mol. The molecule has 0 aliphatic heterocycles. The maximum Gasteiger partial charge on any atom is 0.260 e. The highest BCUT2D eigenvalue weighted by Crippen LogP contribution is 2.34. The van der Waals surface area contributed by atoms with Crippen LogP contribution in [0.25, 0.3) is 11.5 Å². The van der Waals surface area contributed by atoms with Crippen LogP contribution in [0.5, 0.6) is 0 Å². The number of hydrogen-bond acceptors (Lipinski definition) is 4. The molecule has 1 saturated carbocycles. The first kappa shape index (κ1) is 11.3. The third-order valence-corrected chi connectivity index (χ3v) is 3.59. The summed E-state index contributed by atoms with van der Waals surface area (Å²) in [4.78, 5) is 4.55. The lowest BCUT2D eigenvalue weighted by atomic mass is 10.1. The lowest BCUT2D eigenvalue weighted by Crippen LogP contribution is -1.95. The van der Waals surface area contributed by atoms with Gasteiger partial charge in [-0.3, -0.25) is 0 Å². The van der Waals surface area contributed by atoms with Crippen molar-refractivity contribution in [2.45, 2.75) is 31.6 Å². The van der Waals surface area contributed by atoms with E-state index >= 15 is 0 Å². The zero-order valence-electron chi connectivity index (χ0n) is 10.5. The molecule has 1 aliphatic carbocycles. The smallest absolute Gasteiger partial charge is 0.260 e. The van der Waals surface area contributed by atoms with Gasteiger partial charge >= 0.3 is 0 Å². The van der Waals surface area contributed by atoms with Crippen LogP contribution in [0.15, 0.2) is 28.8 Å². The second-order valence-electron chi connectivity index (χ2n) is 4.73. The van der Waals surface area contributed by atoms with Crippen LogP contribution < -0.4 is 5.32 Å². The third-order valence-electron chi connectivity index (χ3n) is 3.59. The van der Waals surface area contributed by atoms with Gasteiger partial charge in [0.05, 0.1) is 5.56 Å². The van der Waals surface area contributed by atoms with Gasteiger partial charge < -0.3 is 9.84 Å². The Morgan fingerprint density at radius 1 is 1.22 bits per heavy atom. The molecule has 0 atom stereocenters. The first-order chi connectivity index (χ1) is 8.88. The van der Waals surface area contributed by atoms with Gasteiger partial charge in [-0.25, -0.2) is 0 Å². The Morgan fingerprint density at radius 3 is 2.78 bits per heavy atom. The van der Waals surface area contributed by atoms with Crippen molar-refractivity contribution in [1.82, 2.24) is 10.1 Å². The van der Waals surface area contributed by atoms with E-state index in [2.05, 4.69) is 15.5 Å². The molecule has 18 heavy (non-hydrogen) atoms. The van der Waals surface area contributed by atoms with Crippen molar-refractivity contribution in [2.24, 2.45) is 0 Å². The number of para-hydroxylation sites is 1. The van der Waals surface area contributed by atoms with Crippen LogP contribution in [-0.4, -0.2) is 17.2 Å². The molecule has 0 spiro atoms. The number of benzene rings is 1. The van der Waals surface area contributed by atoms with Crippen LogP contribution in [0.3, 0.4) is 0 Å². The molecule has 0 amide bonds. The molecule has 0 unspecified atom stereocenters. The number of aromatic nitrogens is 2. The topological polar surface area (TPSA) is 51.0 Å². The fourth-order valence-electron chi connectivity index (χ4n) is 2.58. The van der Waals surface area contributed by atoms with E-state index in [9.17, 15) is 0 Å². The van der Waals surface area contributed by atoms with Crippen LogP contribution in [-0.2, 0) is 0 Å². The van der Waals surface area contributed by atoms with E-state index in [1.165, 1.54) is 25.7 Å². The van der Waals surface area contributed by atoms with Crippen molar-refractivity contribution in [1.29, 1.82) is 0 Å². The average Bonchev–Trinajstić information content (AvgIpc) is 3.09. The highest BCUT2D eigenvalue weighted by Gasteiger charge is 2.23. The number of anilines is 1. The number of rotatable bonds is 3. The van der Waals surface area contributed by atoms with Crippen LogP contribution in [0.2, 0.25) is 0 Å². The first-order valence-corrected chi connectivity index (χ1v) is 6.49. The van der Waals surface area contributed by atoms with Crippen LogP contribution in [0, 0.1) is 0 Å². The molecule has 3 rings (SSSR count). The lowest BCUT2D eigenvalue weighted by Gasteiger charge is -2.04. The average molecular weight is 243 g/mol. The highest BCUT2D eigenvalue weighted by atomic mass is 16.5. The number of hydrogen-bond donors (Lipinski definition) is 1. The van der Waals surface area contributed by atoms with Gasteiger partial charge in [0.1, 0.15) is 0 Å². The Balaban J connectivity index is 1.92. The van der Waals surface area contributed by atoms with Crippen molar-refractivity contribution >= 4 is 5.69 Å². The van der Waals surface area contributed by atoms with Gasteiger partial charge in [-0.15, -0.1) is 0 Å². The molecule has 1 N–H and O–H groups in total. The molecule has 1 aromatic carbocycles. The second kappa shape index (κ2) is 4.80. The molecular formula is C14H17N3O. The standard InChI is InChI=1S/C14H17N3O/c1-15-12-9-5-4-8-11(12)14-16-13(17-18-14)10-6-2-3-7-10/h4-5,8-10,15H,2-3,6-7H2,1H3. The summed E-state index contributed by atoms with van der Waals surface area (Å²) in [6.45, 7) is 0. The molecule has 94 valence electrons. The Kier molecular flexibility index (Phi) is 3.00. The third kappa shape index (κ3) is 1.98. The van der Waals surface area contributed by atoms with E-state index in [4.69, 9.17) is 4.52 Å². The molecule has 1 aliphatic rings. The molecule has 1 heterocycles. The first-order valence-electron chi connectivity index (χ1n) is 6.49. The van der Waals surface area contributed by atoms with E-state index in [1.54, 1.807) is 0 Å². The van der Waals surface area contributed by atoms with Crippen LogP contribution in [0.1, 0.15) is 37.4 Å². The van der Waals surface area contributed by atoms with Gasteiger partial charge in [0.15, 0.2) is 5.82 Å². The van der Waals surface area contributed by atoms with Crippen molar-refractivity contribution in [3.05, 3.63) is 30.1 Å². The summed E-state index contributed by atoms with van der Waals surface area (Å²) < 4.78 is 5.40. The molecule has 0 saturated heterocycles. The number of nitrogens with zero attached hydrogens (tertiary/aromatic N) is 2. The molecule has 2 aromatic rings. The Hall–Kier alpha value is -1.84. The van der Waals surface area contributed by atoms with E-state index in [-0.39, 0.29) is 0 Å². The van der Waals surface area contributed by atoms with Gasteiger partial charge in [0, 0.05) is 18.7 Å². The summed E-state index contributed by atoms with van der Waals surface area (Å²) in [5.41, 5.74) is 1.98. The van der Waals surface area contributed by atoms with Gasteiger partial charge in [0.25, 0.3) is 5.89 Å². The van der Waals surface area contributed by atoms with Gasteiger partial charge in [0.2, 0.25) is 0 Å². The zero-order chi connectivity index (χ0) is 12.4. The van der Waals surface area contributed by atoms with Gasteiger partial charge in [-0.05, 0) is 25.0 Å². The van der Waals surface area contributed by atoms with E-state index in [1.807, 2.05) is 31.3 Å². The summed E-state index contributed by atoms with van der Waals surface area (Å²) in [6, 6.07) is 7.98. The van der Waals surface area contributed by atoms with E-state index in [0.29, 0.717) is 11.8 Å². The maximum absolute atomic E-state index is 5.40. The van der Waals surface area contributed by atoms with Crippen molar-refractivity contribution in [3.63, 3.8) is 0 Å².